The molecule has 1 aliphatic rings. The molecule has 0 aliphatic carbocycles. The van der Waals surface area contributed by atoms with Gasteiger partial charge in [-0.25, -0.2) is 9.97 Å². The zero-order valence-electron chi connectivity index (χ0n) is 15.1. The number of ether oxygens (including phenoxy) is 1. The van der Waals surface area contributed by atoms with Crippen molar-refractivity contribution in [1.29, 1.82) is 0 Å². The van der Waals surface area contributed by atoms with Crippen LogP contribution in [0.2, 0.25) is 0 Å². The highest BCUT2D eigenvalue weighted by atomic mass is 19.4. The van der Waals surface area contributed by atoms with Gasteiger partial charge in [0.05, 0.1) is 12.2 Å². The summed E-state index contributed by atoms with van der Waals surface area (Å²) in [5.41, 5.74) is -0.614. The fourth-order valence-electron chi connectivity index (χ4n) is 2.62. The van der Waals surface area contributed by atoms with Crippen molar-refractivity contribution in [3.63, 3.8) is 0 Å². The predicted octanol–water partition coefficient (Wildman–Crippen LogP) is 4.01. The van der Waals surface area contributed by atoms with E-state index in [0.29, 0.717) is 30.3 Å². The molecule has 1 N–H and O–H groups in total. The monoisotopic (exact) mass is 380 g/mol. The third-order valence-corrected chi connectivity index (χ3v) is 3.91. The number of carbonyl (C=O) groups excluding carboxylic acids is 1. The number of benzene rings is 1. The SMILES string of the molecule is CC(C)(C)C(=O)N1CCOc2ccc(Nc3nccc(C(F)(F)F)n3)cc21. The van der Waals surface area contributed by atoms with Crippen molar-refractivity contribution < 1.29 is 22.7 Å². The van der Waals surface area contributed by atoms with Gasteiger partial charge in [-0.1, -0.05) is 20.8 Å². The average molecular weight is 380 g/mol. The van der Waals surface area contributed by atoms with Crippen LogP contribution < -0.4 is 15.0 Å². The summed E-state index contributed by atoms with van der Waals surface area (Å²) in [5, 5.41) is 2.75. The van der Waals surface area contributed by atoms with E-state index >= 15 is 0 Å². The lowest BCUT2D eigenvalue weighted by Crippen LogP contribution is -2.44. The van der Waals surface area contributed by atoms with E-state index in [2.05, 4.69) is 15.3 Å². The van der Waals surface area contributed by atoms with Crippen molar-refractivity contribution in [2.75, 3.05) is 23.4 Å². The van der Waals surface area contributed by atoms with Gasteiger partial charge in [-0.15, -0.1) is 0 Å². The van der Waals surface area contributed by atoms with Gasteiger partial charge >= 0.3 is 6.18 Å². The number of nitrogens with zero attached hydrogens (tertiary/aromatic N) is 3. The standard InChI is InChI=1S/C18H19F3N4O2/c1-17(2,3)15(26)25-8-9-27-13-5-4-11(10-12(13)25)23-16-22-7-6-14(24-16)18(19,20)21/h4-7,10H,8-9H2,1-3H3,(H,22,23,24). The van der Waals surface area contributed by atoms with E-state index in [1.165, 1.54) is 0 Å². The Hall–Kier alpha value is -2.84. The summed E-state index contributed by atoms with van der Waals surface area (Å²) in [6.07, 6.45) is -3.52. The number of halogens is 3. The van der Waals surface area contributed by atoms with Crippen molar-refractivity contribution in [2.24, 2.45) is 5.41 Å². The number of rotatable bonds is 2. The zero-order chi connectivity index (χ0) is 19.8. The van der Waals surface area contributed by atoms with Gasteiger partial charge in [-0.05, 0) is 24.3 Å². The fraction of sp³-hybridized carbons (Fsp3) is 0.389. The third kappa shape index (κ3) is 4.12. The van der Waals surface area contributed by atoms with Crippen LogP contribution in [0, 0.1) is 5.41 Å². The Morgan fingerprint density at radius 3 is 2.63 bits per heavy atom. The zero-order valence-corrected chi connectivity index (χ0v) is 15.1. The molecule has 9 heteroatoms. The Morgan fingerprint density at radius 1 is 1.22 bits per heavy atom. The molecule has 0 spiro atoms. The van der Waals surface area contributed by atoms with Gasteiger partial charge in [0.15, 0.2) is 0 Å². The topological polar surface area (TPSA) is 67.3 Å². The first-order valence-electron chi connectivity index (χ1n) is 8.32. The predicted molar refractivity (Wildman–Crippen MR) is 94.1 cm³/mol. The van der Waals surface area contributed by atoms with Crippen LogP contribution >= 0.6 is 0 Å². The molecule has 0 atom stereocenters. The normalized spacial score (nSPS) is 14.4. The molecule has 0 saturated heterocycles. The summed E-state index contributed by atoms with van der Waals surface area (Å²) in [6.45, 7) is 6.24. The van der Waals surface area contributed by atoms with Crippen LogP contribution in [0.3, 0.4) is 0 Å². The van der Waals surface area contributed by atoms with Gasteiger partial charge in [0.1, 0.15) is 18.1 Å². The van der Waals surface area contributed by atoms with Crippen LogP contribution in [-0.4, -0.2) is 29.0 Å². The molecule has 0 unspecified atom stereocenters. The van der Waals surface area contributed by atoms with E-state index in [-0.39, 0.29) is 11.9 Å². The maximum Gasteiger partial charge on any atom is 0.433 e. The van der Waals surface area contributed by atoms with Crippen LogP contribution in [-0.2, 0) is 11.0 Å². The largest absolute Gasteiger partial charge is 0.490 e. The molecule has 1 aromatic heterocycles. The van der Waals surface area contributed by atoms with Gasteiger partial charge < -0.3 is 15.0 Å². The minimum absolute atomic E-state index is 0.0699. The molecule has 1 amide bonds. The molecule has 144 valence electrons. The minimum Gasteiger partial charge on any atom is -0.490 e. The molecular formula is C18H19F3N4O2. The van der Waals surface area contributed by atoms with Crippen LogP contribution in [0.4, 0.5) is 30.5 Å². The molecule has 27 heavy (non-hydrogen) atoms. The first-order chi connectivity index (χ1) is 12.6. The van der Waals surface area contributed by atoms with Crippen molar-refractivity contribution in [3.8, 4) is 5.75 Å². The molecule has 1 aliphatic heterocycles. The highest BCUT2D eigenvalue weighted by molar-refractivity contribution is 5.99. The number of hydrogen-bond acceptors (Lipinski definition) is 5. The maximum atomic E-state index is 12.8. The van der Waals surface area contributed by atoms with Gasteiger partial charge in [0.2, 0.25) is 11.9 Å². The molecule has 2 heterocycles. The van der Waals surface area contributed by atoms with Gasteiger partial charge in [0, 0.05) is 17.3 Å². The van der Waals surface area contributed by atoms with E-state index in [1.807, 2.05) is 20.8 Å². The lowest BCUT2D eigenvalue weighted by atomic mass is 9.94. The fourth-order valence-corrected chi connectivity index (χ4v) is 2.62. The van der Waals surface area contributed by atoms with E-state index < -0.39 is 17.3 Å². The van der Waals surface area contributed by atoms with Gasteiger partial charge in [0.25, 0.3) is 0 Å². The maximum absolute atomic E-state index is 12.8. The van der Waals surface area contributed by atoms with Crippen molar-refractivity contribution in [2.45, 2.75) is 26.9 Å². The highest BCUT2D eigenvalue weighted by Crippen LogP contribution is 2.37. The second-order valence-electron chi connectivity index (χ2n) is 7.13. The minimum atomic E-state index is -4.56. The third-order valence-electron chi connectivity index (χ3n) is 3.91. The Labute approximate surface area is 154 Å². The van der Waals surface area contributed by atoms with Crippen LogP contribution in [0.5, 0.6) is 5.75 Å². The Bertz CT molecular complexity index is 862. The summed E-state index contributed by atoms with van der Waals surface area (Å²) >= 11 is 0. The summed E-state index contributed by atoms with van der Waals surface area (Å²) in [4.78, 5) is 21.6. The molecular weight excluding hydrogens is 361 g/mol. The van der Waals surface area contributed by atoms with Crippen LogP contribution in [0.1, 0.15) is 26.5 Å². The first-order valence-corrected chi connectivity index (χ1v) is 8.32. The smallest absolute Gasteiger partial charge is 0.433 e. The van der Waals surface area contributed by atoms with Gasteiger partial charge in [-0.3, -0.25) is 4.79 Å². The van der Waals surface area contributed by atoms with Crippen LogP contribution in [0.15, 0.2) is 30.5 Å². The average Bonchev–Trinajstić information content (AvgIpc) is 2.59. The lowest BCUT2D eigenvalue weighted by molar-refractivity contribution is -0.141. The van der Waals surface area contributed by atoms with E-state index in [4.69, 9.17) is 4.74 Å². The molecule has 1 aromatic carbocycles. The number of amides is 1. The lowest BCUT2D eigenvalue weighted by Gasteiger charge is -2.34. The van der Waals surface area contributed by atoms with Gasteiger partial charge in [-0.2, -0.15) is 13.2 Å². The van der Waals surface area contributed by atoms with Crippen LogP contribution in [0.25, 0.3) is 0 Å². The number of aromatic nitrogens is 2. The van der Waals surface area contributed by atoms with E-state index in [1.54, 1.807) is 23.1 Å². The number of alkyl halides is 3. The summed E-state index contributed by atoms with van der Waals surface area (Å²) in [7, 11) is 0. The summed E-state index contributed by atoms with van der Waals surface area (Å²) in [6, 6.07) is 5.73. The number of nitrogens with one attached hydrogen (secondary N) is 1. The van der Waals surface area contributed by atoms with Crippen molar-refractivity contribution in [1.82, 2.24) is 9.97 Å². The molecule has 0 saturated carbocycles. The molecule has 0 fully saturated rings. The molecule has 3 rings (SSSR count). The molecule has 0 radical (unpaired) electrons. The summed E-state index contributed by atoms with van der Waals surface area (Å²) in [5.74, 6) is 0.282. The Balaban J connectivity index is 1.91. The molecule has 6 nitrogen and oxygen atoms in total. The second kappa shape index (κ2) is 6.71. The van der Waals surface area contributed by atoms with E-state index in [9.17, 15) is 18.0 Å². The second-order valence-corrected chi connectivity index (χ2v) is 7.13. The quantitative estimate of drug-likeness (QED) is 0.853. The van der Waals surface area contributed by atoms with Crippen molar-refractivity contribution >= 4 is 23.2 Å². The Morgan fingerprint density at radius 2 is 1.96 bits per heavy atom. The summed E-state index contributed by atoms with van der Waals surface area (Å²) < 4.78 is 44.0. The molecule has 2 aromatic rings. The Kier molecular flexibility index (Phi) is 4.71. The van der Waals surface area contributed by atoms with E-state index in [0.717, 1.165) is 12.3 Å². The number of fused-ring (bicyclic) bond motifs is 1. The number of carbonyl (C=O) groups is 1. The first kappa shape index (κ1) is 18.9. The molecule has 0 bridgehead atoms. The number of anilines is 3. The van der Waals surface area contributed by atoms with Crippen molar-refractivity contribution in [3.05, 3.63) is 36.2 Å². The number of hydrogen-bond donors (Lipinski definition) is 1. The highest BCUT2D eigenvalue weighted by Gasteiger charge is 2.33.